The summed E-state index contributed by atoms with van der Waals surface area (Å²) in [6, 6.07) is 7.78. The fourth-order valence-corrected chi connectivity index (χ4v) is 1.73. The van der Waals surface area contributed by atoms with Gasteiger partial charge in [-0.3, -0.25) is 0 Å². The average molecular weight is 202 g/mol. The fraction of sp³-hybridized carbons (Fsp3) is 0.250. The highest BCUT2D eigenvalue weighted by atomic mass is 16.5. The second kappa shape index (κ2) is 3.77. The van der Waals surface area contributed by atoms with Gasteiger partial charge in [0.2, 0.25) is 0 Å². The molecule has 1 aromatic carbocycles. The van der Waals surface area contributed by atoms with Gasteiger partial charge in [-0.05, 0) is 19.4 Å². The molecule has 78 valence electrons. The van der Waals surface area contributed by atoms with Gasteiger partial charge in [-0.1, -0.05) is 30.3 Å². The van der Waals surface area contributed by atoms with Gasteiger partial charge >= 0.3 is 0 Å². The first-order chi connectivity index (χ1) is 7.24. The Labute approximate surface area is 88.9 Å². The van der Waals surface area contributed by atoms with E-state index in [9.17, 15) is 0 Å². The van der Waals surface area contributed by atoms with Crippen LogP contribution in [0.4, 0.5) is 5.69 Å². The Morgan fingerprint density at radius 2 is 2.07 bits per heavy atom. The highest BCUT2D eigenvalue weighted by Gasteiger charge is 2.14. The Hall–Kier alpha value is -1.77. The van der Waals surface area contributed by atoms with E-state index in [1.54, 1.807) is 0 Å². The number of hydrogen-bond acceptors (Lipinski definition) is 3. The number of aryl methyl sites for hydroxylation is 2. The summed E-state index contributed by atoms with van der Waals surface area (Å²) < 4.78 is 5.19. The summed E-state index contributed by atoms with van der Waals surface area (Å²) in [6.07, 6.45) is 0.848. The molecule has 0 unspecified atom stereocenters. The van der Waals surface area contributed by atoms with Crippen molar-refractivity contribution in [3.05, 3.63) is 35.7 Å². The van der Waals surface area contributed by atoms with Gasteiger partial charge in [-0.15, -0.1) is 0 Å². The van der Waals surface area contributed by atoms with Crippen molar-refractivity contribution in [3.8, 4) is 11.1 Å². The molecule has 0 fully saturated rings. The second-order valence-electron chi connectivity index (χ2n) is 3.50. The molecule has 0 radical (unpaired) electrons. The zero-order valence-corrected chi connectivity index (χ0v) is 8.95. The molecule has 2 aromatic rings. The summed E-state index contributed by atoms with van der Waals surface area (Å²) in [7, 11) is 0. The third-order valence-electron chi connectivity index (χ3n) is 2.50. The lowest BCUT2D eigenvalue weighted by atomic mass is 10.0. The van der Waals surface area contributed by atoms with E-state index in [1.165, 1.54) is 0 Å². The lowest BCUT2D eigenvalue weighted by Crippen LogP contribution is -1.92. The van der Waals surface area contributed by atoms with Crippen molar-refractivity contribution in [1.82, 2.24) is 5.16 Å². The molecule has 2 N–H and O–H groups in total. The predicted molar refractivity (Wildman–Crippen MR) is 60.5 cm³/mol. The molecule has 0 aliphatic heterocycles. The maximum Gasteiger partial charge on any atom is 0.141 e. The van der Waals surface area contributed by atoms with Crippen LogP contribution in [0.2, 0.25) is 0 Å². The Morgan fingerprint density at radius 1 is 1.33 bits per heavy atom. The monoisotopic (exact) mass is 202 g/mol. The normalized spacial score (nSPS) is 10.5. The molecule has 0 aliphatic rings. The van der Waals surface area contributed by atoms with Gasteiger partial charge in [0, 0.05) is 16.8 Å². The van der Waals surface area contributed by atoms with E-state index in [4.69, 9.17) is 10.3 Å². The maximum atomic E-state index is 5.93. The third kappa shape index (κ3) is 1.61. The largest absolute Gasteiger partial charge is 0.398 e. The molecule has 1 aromatic heterocycles. The Morgan fingerprint density at radius 3 is 2.73 bits per heavy atom. The minimum absolute atomic E-state index is 0.763. The molecule has 0 saturated carbocycles. The van der Waals surface area contributed by atoms with Gasteiger partial charge in [-0.2, -0.15) is 0 Å². The number of benzene rings is 1. The standard InChI is InChI=1S/C12H14N2O/c1-3-11-12(8(2)15-14-11)9-6-4-5-7-10(9)13/h4-7H,3,13H2,1-2H3. The number of nitrogens with zero attached hydrogens (tertiary/aromatic N) is 1. The van der Waals surface area contributed by atoms with E-state index in [1.807, 2.05) is 31.2 Å². The van der Waals surface area contributed by atoms with Crippen LogP contribution in [0.15, 0.2) is 28.8 Å². The summed E-state index contributed by atoms with van der Waals surface area (Å²) in [5.41, 5.74) is 9.71. The van der Waals surface area contributed by atoms with E-state index >= 15 is 0 Å². The quantitative estimate of drug-likeness (QED) is 0.762. The van der Waals surface area contributed by atoms with E-state index < -0.39 is 0 Å². The van der Waals surface area contributed by atoms with Gasteiger partial charge in [0.05, 0.1) is 5.69 Å². The molecular formula is C12H14N2O. The lowest BCUT2D eigenvalue weighted by Gasteiger charge is -2.04. The highest BCUT2D eigenvalue weighted by Crippen LogP contribution is 2.31. The Kier molecular flexibility index (Phi) is 2.46. The van der Waals surface area contributed by atoms with Crippen LogP contribution in [0.1, 0.15) is 18.4 Å². The molecule has 1 heterocycles. The van der Waals surface area contributed by atoms with Crippen molar-refractivity contribution in [2.75, 3.05) is 5.73 Å². The summed E-state index contributed by atoms with van der Waals surface area (Å²) >= 11 is 0. The molecule has 2 rings (SSSR count). The van der Waals surface area contributed by atoms with Crippen molar-refractivity contribution in [1.29, 1.82) is 0 Å². The summed E-state index contributed by atoms with van der Waals surface area (Å²) in [4.78, 5) is 0. The van der Waals surface area contributed by atoms with Crippen molar-refractivity contribution < 1.29 is 4.52 Å². The Bertz CT molecular complexity index is 474. The second-order valence-corrected chi connectivity index (χ2v) is 3.50. The van der Waals surface area contributed by atoms with Gasteiger partial charge in [0.15, 0.2) is 0 Å². The molecule has 0 aliphatic carbocycles. The van der Waals surface area contributed by atoms with Crippen LogP contribution in [0.3, 0.4) is 0 Å². The lowest BCUT2D eigenvalue weighted by molar-refractivity contribution is 0.391. The van der Waals surface area contributed by atoms with Crippen LogP contribution in [-0.4, -0.2) is 5.16 Å². The molecule has 3 heteroatoms. The Balaban J connectivity index is 2.63. The number of para-hydroxylation sites is 1. The molecule has 0 saturated heterocycles. The van der Waals surface area contributed by atoms with Crippen LogP contribution in [-0.2, 0) is 6.42 Å². The van der Waals surface area contributed by atoms with Crippen LogP contribution < -0.4 is 5.73 Å². The maximum absolute atomic E-state index is 5.93. The zero-order valence-electron chi connectivity index (χ0n) is 8.95. The fourth-order valence-electron chi connectivity index (χ4n) is 1.73. The number of hydrogen-bond donors (Lipinski definition) is 1. The summed E-state index contributed by atoms with van der Waals surface area (Å²) in [5.74, 6) is 0.824. The number of nitrogens with two attached hydrogens (primary N) is 1. The smallest absolute Gasteiger partial charge is 0.141 e. The van der Waals surface area contributed by atoms with E-state index in [2.05, 4.69) is 12.1 Å². The number of rotatable bonds is 2. The van der Waals surface area contributed by atoms with Crippen LogP contribution in [0.5, 0.6) is 0 Å². The molecular weight excluding hydrogens is 188 g/mol. The molecule has 0 bridgehead atoms. The van der Waals surface area contributed by atoms with Crippen LogP contribution in [0.25, 0.3) is 11.1 Å². The molecule has 0 amide bonds. The van der Waals surface area contributed by atoms with Crippen LogP contribution >= 0.6 is 0 Å². The topological polar surface area (TPSA) is 52.0 Å². The minimum atomic E-state index is 0.763. The predicted octanol–water partition coefficient (Wildman–Crippen LogP) is 2.79. The molecule has 0 spiro atoms. The van der Waals surface area contributed by atoms with Crippen molar-refractivity contribution in [2.45, 2.75) is 20.3 Å². The van der Waals surface area contributed by atoms with Crippen LogP contribution in [0, 0.1) is 6.92 Å². The first-order valence-corrected chi connectivity index (χ1v) is 5.04. The first-order valence-electron chi connectivity index (χ1n) is 5.04. The number of nitrogen functional groups attached to an aromatic ring is 1. The third-order valence-corrected chi connectivity index (χ3v) is 2.50. The zero-order chi connectivity index (χ0) is 10.8. The SMILES string of the molecule is CCc1noc(C)c1-c1ccccc1N. The van der Waals surface area contributed by atoms with Crippen molar-refractivity contribution in [3.63, 3.8) is 0 Å². The van der Waals surface area contributed by atoms with Gasteiger partial charge in [0.1, 0.15) is 5.76 Å². The molecule has 3 nitrogen and oxygen atoms in total. The van der Waals surface area contributed by atoms with Gasteiger partial charge < -0.3 is 10.3 Å². The highest BCUT2D eigenvalue weighted by molar-refractivity contribution is 5.78. The molecule has 15 heavy (non-hydrogen) atoms. The number of aromatic nitrogens is 1. The van der Waals surface area contributed by atoms with Crippen molar-refractivity contribution in [2.24, 2.45) is 0 Å². The summed E-state index contributed by atoms with van der Waals surface area (Å²) in [6.45, 7) is 3.97. The first kappa shape index (κ1) is 9.77. The summed E-state index contributed by atoms with van der Waals surface area (Å²) in [5, 5.41) is 4.02. The van der Waals surface area contributed by atoms with E-state index in [-0.39, 0.29) is 0 Å². The van der Waals surface area contributed by atoms with Crippen molar-refractivity contribution >= 4 is 5.69 Å². The number of anilines is 1. The van der Waals surface area contributed by atoms with E-state index in [0.29, 0.717) is 0 Å². The average Bonchev–Trinajstić information content (AvgIpc) is 2.60. The van der Waals surface area contributed by atoms with Gasteiger partial charge in [-0.25, -0.2) is 0 Å². The van der Waals surface area contributed by atoms with Gasteiger partial charge in [0.25, 0.3) is 0 Å². The minimum Gasteiger partial charge on any atom is -0.398 e. The molecule has 0 atom stereocenters. The van der Waals surface area contributed by atoms with E-state index in [0.717, 1.165) is 34.7 Å².